The molecule has 0 radical (unpaired) electrons. The topological polar surface area (TPSA) is 98.7 Å². The van der Waals surface area contributed by atoms with E-state index in [-0.39, 0.29) is 0 Å². The predicted molar refractivity (Wildman–Crippen MR) is 43.2 cm³/mol. The smallest absolute Gasteiger partial charge is 0.408 e. The average Bonchev–Trinajstić information content (AvgIpc) is 2.34. The molecule has 0 aromatic carbocycles. The van der Waals surface area contributed by atoms with Gasteiger partial charge in [0.15, 0.2) is 0 Å². The lowest BCUT2D eigenvalue weighted by Gasteiger charge is -2.05. The van der Waals surface area contributed by atoms with Gasteiger partial charge in [0, 0.05) is 11.4 Å². The Balaban J connectivity index is 2.65. The van der Waals surface area contributed by atoms with E-state index in [1.165, 1.54) is 0 Å². The number of amides is 2. The SMILES string of the molecule is O=C(O)NC1=C(NC(=O)O)CCC1. The lowest BCUT2D eigenvalue weighted by molar-refractivity contribution is 0.194. The average molecular weight is 186 g/mol. The van der Waals surface area contributed by atoms with Crippen LogP contribution in [0, 0.1) is 0 Å². The van der Waals surface area contributed by atoms with Crippen LogP contribution in [0.1, 0.15) is 19.3 Å². The fourth-order valence-corrected chi connectivity index (χ4v) is 1.28. The number of hydrogen-bond donors (Lipinski definition) is 4. The lowest BCUT2D eigenvalue weighted by Crippen LogP contribution is -2.26. The van der Waals surface area contributed by atoms with Crippen molar-refractivity contribution in [2.24, 2.45) is 0 Å². The molecule has 0 heterocycles. The second-order valence-corrected chi connectivity index (χ2v) is 2.67. The second-order valence-electron chi connectivity index (χ2n) is 2.67. The zero-order valence-corrected chi connectivity index (χ0v) is 6.83. The van der Waals surface area contributed by atoms with Gasteiger partial charge < -0.3 is 10.2 Å². The minimum atomic E-state index is -1.17. The van der Waals surface area contributed by atoms with Crippen LogP contribution in [0.4, 0.5) is 9.59 Å². The Bertz CT molecular complexity index is 246. The van der Waals surface area contributed by atoms with Gasteiger partial charge in [-0.2, -0.15) is 0 Å². The molecule has 1 aliphatic rings. The highest BCUT2D eigenvalue weighted by Gasteiger charge is 2.17. The van der Waals surface area contributed by atoms with Gasteiger partial charge in [-0.05, 0) is 19.3 Å². The zero-order valence-electron chi connectivity index (χ0n) is 6.83. The first-order chi connectivity index (χ1) is 6.09. The summed E-state index contributed by atoms with van der Waals surface area (Å²) in [6.07, 6.45) is -0.419. The van der Waals surface area contributed by atoms with Gasteiger partial charge in [-0.15, -0.1) is 0 Å². The molecular formula is C7H10N2O4. The zero-order chi connectivity index (χ0) is 9.84. The molecule has 0 spiro atoms. The standard InChI is InChI=1S/C7H10N2O4/c10-6(11)8-4-2-1-3-5(4)9-7(12)13/h8-9H,1-3H2,(H,10,11)(H,12,13). The molecule has 0 aliphatic heterocycles. The molecule has 72 valence electrons. The van der Waals surface area contributed by atoms with E-state index in [9.17, 15) is 9.59 Å². The molecule has 1 aliphatic carbocycles. The fraction of sp³-hybridized carbons (Fsp3) is 0.429. The highest BCUT2D eigenvalue weighted by Crippen LogP contribution is 2.21. The van der Waals surface area contributed by atoms with Gasteiger partial charge in [0.25, 0.3) is 0 Å². The van der Waals surface area contributed by atoms with E-state index in [0.717, 1.165) is 6.42 Å². The van der Waals surface area contributed by atoms with Gasteiger partial charge in [-0.1, -0.05) is 0 Å². The third-order valence-electron chi connectivity index (χ3n) is 1.73. The summed E-state index contributed by atoms with van der Waals surface area (Å²) in [7, 11) is 0. The number of carbonyl (C=O) groups is 2. The summed E-state index contributed by atoms with van der Waals surface area (Å²) >= 11 is 0. The normalized spacial score (nSPS) is 15.7. The van der Waals surface area contributed by atoms with Crippen molar-refractivity contribution in [1.82, 2.24) is 10.6 Å². The minimum Gasteiger partial charge on any atom is -0.465 e. The molecule has 13 heavy (non-hydrogen) atoms. The van der Waals surface area contributed by atoms with E-state index in [1.54, 1.807) is 0 Å². The summed E-state index contributed by atoms with van der Waals surface area (Å²) < 4.78 is 0. The highest BCUT2D eigenvalue weighted by atomic mass is 16.4. The number of carboxylic acid groups (broad SMARTS) is 2. The maximum Gasteiger partial charge on any atom is 0.408 e. The van der Waals surface area contributed by atoms with Crippen LogP contribution in [0.5, 0.6) is 0 Å². The fourth-order valence-electron chi connectivity index (χ4n) is 1.28. The Morgan fingerprint density at radius 2 is 1.38 bits per heavy atom. The van der Waals surface area contributed by atoms with Crippen LogP contribution >= 0.6 is 0 Å². The number of nitrogens with one attached hydrogen (secondary N) is 2. The summed E-state index contributed by atoms with van der Waals surface area (Å²) in [5.74, 6) is 0. The first kappa shape index (κ1) is 9.37. The van der Waals surface area contributed by atoms with Crippen molar-refractivity contribution in [1.29, 1.82) is 0 Å². The Morgan fingerprint density at radius 3 is 1.69 bits per heavy atom. The summed E-state index contributed by atoms with van der Waals surface area (Å²) in [5.41, 5.74) is 0.907. The summed E-state index contributed by atoms with van der Waals surface area (Å²) in [6, 6.07) is 0. The maximum atomic E-state index is 10.3. The van der Waals surface area contributed by atoms with E-state index in [4.69, 9.17) is 10.2 Å². The van der Waals surface area contributed by atoms with Crippen LogP contribution < -0.4 is 10.6 Å². The monoisotopic (exact) mass is 186 g/mol. The summed E-state index contributed by atoms with van der Waals surface area (Å²) in [5, 5.41) is 21.1. The van der Waals surface area contributed by atoms with Crippen LogP contribution in [0.2, 0.25) is 0 Å². The Kier molecular flexibility index (Phi) is 2.73. The van der Waals surface area contributed by atoms with Crippen molar-refractivity contribution >= 4 is 12.2 Å². The van der Waals surface area contributed by atoms with Gasteiger partial charge in [0.05, 0.1) is 0 Å². The van der Waals surface area contributed by atoms with Crippen molar-refractivity contribution in [3.8, 4) is 0 Å². The van der Waals surface area contributed by atoms with E-state index in [1.807, 2.05) is 0 Å². The first-order valence-corrected chi connectivity index (χ1v) is 3.81. The number of hydrogen-bond acceptors (Lipinski definition) is 2. The van der Waals surface area contributed by atoms with E-state index in [0.29, 0.717) is 24.2 Å². The molecular weight excluding hydrogens is 176 g/mol. The number of allylic oxidation sites excluding steroid dienone is 2. The van der Waals surface area contributed by atoms with Crippen LogP contribution in [0.15, 0.2) is 11.4 Å². The van der Waals surface area contributed by atoms with Crippen molar-refractivity contribution in [3.63, 3.8) is 0 Å². The van der Waals surface area contributed by atoms with Crippen LogP contribution in [-0.4, -0.2) is 22.4 Å². The third-order valence-corrected chi connectivity index (χ3v) is 1.73. The molecule has 6 nitrogen and oxygen atoms in total. The Morgan fingerprint density at radius 1 is 1.00 bits per heavy atom. The van der Waals surface area contributed by atoms with Gasteiger partial charge in [-0.3, -0.25) is 10.6 Å². The Hall–Kier alpha value is -1.72. The lowest BCUT2D eigenvalue weighted by atomic mass is 10.3. The molecule has 4 N–H and O–H groups in total. The molecule has 0 fully saturated rings. The Labute approximate surface area is 74.2 Å². The molecule has 2 amide bonds. The largest absolute Gasteiger partial charge is 0.465 e. The minimum absolute atomic E-state index is 0.454. The summed E-state index contributed by atoms with van der Waals surface area (Å²) in [4.78, 5) is 20.5. The van der Waals surface area contributed by atoms with Crippen LogP contribution in [-0.2, 0) is 0 Å². The van der Waals surface area contributed by atoms with Crippen molar-refractivity contribution in [2.45, 2.75) is 19.3 Å². The first-order valence-electron chi connectivity index (χ1n) is 3.81. The third kappa shape index (κ3) is 2.66. The second kappa shape index (κ2) is 3.79. The van der Waals surface area contributed by atoms with E-state index in [2.05, 4.69) is 10.6 Å². The van der Waals surface area contributed by atoms with E-state index >= 15 is 0 Å². The molecule has 0 aromatic heterocycles. The molecule has 0 saturated heterocycles. The quantitative estimate of drug-likeness (QED) is 0.515. The maximum absolute atomic E-state index is 10.3. The molecule has 0 atom stereocenters. The van der Waals surface area contributed by atoms with Crippen LogP contribution in [0.3, 0.4) is 0 Å². The van der Waals surface area contributed by atoms with Crippen molar-refractivity contribution in [3.05, 3.63) is 11.4 Å². The van der Waals surface area contributed by atoms with Crippen molar-refractivity contribution < 1.29 is 19.8 Å². The molecule has 0 aromatic rings. The molecule has 0 unspecified atom stereocenters. The van der Waals surface area contributed by atoms with Crippen LogP contribution in [0.25, 0.3) is 0 Å². The van der Waals surface area contributed by atoms with Crippen molar-refractivity contribution in [2.75, 3.05) is 0 Å². The predicted octanol–water partition coefficient (Wildman–Crippen LogP) is 0.917. The van der Waals surface area contributed by atoms with Gasteiger partial charge in [0.2, 0.25) is 0 Å². The molecule has 0 saturated carbocycles. The molecule has 1 rings (SSSR count). The van der Waals surface area contributed by atoms with Gasteiger partial charge in [0.1, 0.15) is 0 Å². The summed E-state index contributed by atoms with van der Waals surface area (Å²) in [6.45, 7) is 0. The number of rotatable bonds is 2. The molecule has 0 bridgehead atoms. The van der Waals surface area contributed by atoms with Gasteiger partial charge >= 0.3 is 12.2 Å². The van der Waals surface area contributed by atoms with Gasteiger partial charge in [-0.25, -0.2) is 9.59 Å². The highest BCUT2D eigenvalue weighted by molar-refractivity contribution is 5.70. The molecule has 6 heteroatoms. The van der Waals surface area contributed by atoms with E-state index < -0.39 is 12.2 Å².